The lowest BCUT2D eigenvalue weighted by atomic mass is 10.2. The van der Waals surface area contributed by atoms with E-state index in [4.69, 9.17) is 0 Å². The van der Waals surface area contributed by atoms with Gasteiger partial charge in [0.25, 0.3) is 0 Å². The minimum Gasteiger partial charge on any atom is -0.508 e. The van der Waals surface area contributed by atoms with Crippen LogP contribution in [0.15, 0.2) is 54.6 Å². The van der Waals surface area contributed by atoms with E-state index in [0.717, 1.165) is 0 Å². The topological polar surface area (TPSA) is 60.9 Å². The van der Waals surface area contributed by atoms with Gasteiger partial charge in [-0.1, -0.05) is 18.2 Å². The van der Waals surface area contributed by atoms with Gasteiger partial charge in [-0.05, 0) is 36.4 Å². The molecule has 108 valence electrons. The summed E-state index contributed by atoms with van der Waals surface area (Å²) in [7, 11) is 0. The molecule has 0 aliphatic rings. The molecule has 5 heteroatoms. The highest BCUT2D eigenvalue weighted by Crippen LogP contribution is 2.24. The summed E-state index contributed by atoms with van der Waals surface area (Å²) >= 11 is 0. The van der Waals surface area contributed by atoms with Crippen molar-refractivity contribution < 1.29 is 14.7 Å². The molecule has 2 rings (SSSR count). The van der Waals surface area contributed by atoms with Gasteiger partial charge in [0.1, 0.15) is 5.75 Å². The van der Waals surface area contributed by atoms with Crippen molar-refractivity contribution in [2.45, 2.75) is 13.8 Å². The molecule has 0 unspecified atom stereocenters. The van der Waals surface area contributed by atoms with Crippen LogP contribution >= 0.6 is 0 Å². The second-order valence-electron chi connectivity index (χ2n) is 4.51. The van der Waals surface area contributed by atoms with Gasteiger partial charge < -0.3 is 5.11 Å². The Labute approximate surface area is 123 Å². The molecule has 0 saturated carbocycles. The lowest BCUT2D eigenvalue weighted by Crippen LogP contribution is -2.49. The number of hydrogen-bond donors (Lipinski definition) is 1. The Hall–Kier alpha value is -2.82. The molecule has 0 heterocycles. The van der Waals surface area contributed by atoms with Crippen molar-refractivity contribution in [3.8, 4) is 5.75 Å². The zero-order valence-electron chi connectivity index (χ0n) is 11.9. The van der Waals surface area contributed by atoms with E-state index in [0.29, 0.717) is 11.4 Å². The van der Waals surface area contributed by atoms with Crippen LogP contribution in [0.25, 0.3) is 0 Å². The third-order valence-corrected chi connectivity index (χ3v) is 2.89. The molecule has 0 bridgehead atoms. The summed E-state index contributed by atoms with van der Waals surface area (Å²) in [5.74, 6) is -0.499. The maximum absolute atomic E-state index is 12.0. The molecule has 0 saturated heterocycles. The van der Waals surface area contributed by atoms with Crippen molar-refractivity contribution in [2.75, 3.05) is 10.0 Å². The fourth-order valence-electron chi connectivity index (χ4n) is 2.04. The third-order valence-electron chi connectivity index (χ3n) is 2.89. The summed E-state index contributed by atoms with van der Waals surface area (Å²) in [5.41, 5.74) is 1.09. The summed E-state index contributed by atoms with van der Waals surface area (Å²) in [5, 5.41) is 11.9. The molecule has 0 radical (unpaired) electrons. The van der Waals surface area contributed by atoms with E-state index in [9.17, 15) is 14.7 Å². The molecule has 2 amide bonds. The van der Waals surface area contributed by atoms with Gasteiger partial charge in [0.15, 0.2) is 0 Å². The zero-order chi connectivity index (χ0) is 15.4. The predicted octanol–water partition coefficient (Wildman–Crippen LogP) is 2.71. The summed E-state index contributed by atoms with van der Waals surface area (Å²) in [4.78, 5) is 24.0. The van der Waals surface area contributed by atoms with E-state index in [1.807, 2.05) is 6.07 Å². The molecule has 5 nitrogen and oxygen atoms in total. The number of aromatic hydroxyl groups is 1. The molecule has 0 aliphatic heterocycles. The predicted molar refractivity (Wildman–Crippen MR) is 80.9 cm³/mol. The Balaban J connectivity index is 2.50. The largest absolute Gasteiger partial charge is 0.508 e. The summed E-state index contributed by atoms with van der Waals surface area (Å²) in [6.45, 7) is 2.77. The number of amides is 2. The zero-order valence-corrected chi connectivity index (χ0v) is 11.9. The standard InChI is InChI=1S/C16H16N2O3/c1-12(19)17(14-6-4-3-5-7-14)18(13(2)20)15-8-10-16(21)11-9-15/h3-11,21H,1-2H3. The van der Waals surface area contributed by atoms with E-state index in [1.165, 1.54) is 36.0 Å². The molecule has 0 aromatic heterocycles. The number of nitrogens with zero attached hydrogens (tertiary/aromatic N) is 2. The smallest absolute Gasteiger partial charge is 0.243 e. The van der Waals surface area contributed by atoms with Crippen molar-refractivity contribution in [2.24, 2.45) is 0 Å². The molecule has 1 N–H and O–H groups in total. The Kier molecular flexibility index (Phi) is 4.23. The van der Waals surface area contributed by atoms with Gasteiger partial charge in [-0.3, -0.25) is 9.59 Å². The second-order valence-corrected chi connectivity index (χ2v) is 4.51. The number of hydrogen-bond acceptors (Lipinski definition) is 3. The molecule has 0 aliphatic carbocycles. The van der Waals surface area contributed by atoms with E-state index < -0.39 is 0 Å². The van der Waals surface area contributed by atoms with Crippen LogP contribution in [-0.4, -0.2) is 16.9 Å². The van der Waals surface area contributed by atoms with Gasteiger partial charge >= 0.3 is 0 Å². The minimum absolute atomic E-state index is 0.0938. The lowest BCUT2D eigenvalue weighted by Gasteiger charge is -2.33. The van der Waals surface area contributed by atoms with Crippen molar-refractivity contribution in [3.05, 3.63) is 54.6 Å². The van der Waals surface area contributed by atoms with Gasteiger partial charge in [0.2, 0.25) is 11.8 Å². The first-order valence-electron chi connectivity index (χ1n) is 6.46. The third kappa shape index (κ3) is 3.20. The number of rotatable bonds is 2. The first kappa shape index (κ1) is 14.6. The number of phenols is 1. The number of carbonyl (C=O) groups excluding carboxylic acids is 2. The van der Waals surface area contributed by atoms with Crippen molar-refractivity contribution in [1.82, 2.24) is 0 Å². The molecule has 0 fully saturated rings. The Morgan fingerprint density at radius 3 is 1.62 bits per heavy atom. The van der Waals surface area contributed by atoms with Crippen LogP contribution in [0.4, 0.5) is 11.4 Å². The van der Waals surface area contributed by atoms with Gasteiger partial charge in [-0.2, -0.15) is 0 Å². The van der Waals surface area contributed by atoms with Crippen LogP contribution in [0.1, 0.15) is 13.8 Å². The fraction of sp³-hybridized carbons (Fsp3) is 0.125. The van der Waals surface area contributed by atoms with Crippen LogP contribution in [-0.2, 0) is 9.59 Å². The molecule has 2 aromatic rings. The van der Waals surface area contributed by atoms with Crippen molar-refractivity contribution in [3.63, 3.8) is 0 Å². The first-order valence-corrected chi connectivity index (χ1v) is 6.46. The number of phenolic OH excluding ortho intramolecular Hbond substituents is 1. The average molecular weight is 284 g/mol. The van der Waals surface area contributed by atoms with Crippen molar-refractivity contribution >= 4 is 23.2 Å². The normalized spacial score (nSPS) is 10.0. The van der Waals surface area contributed by atoms with Crippen LogP contribution in [0.3, 0.4) is 0 Å². The number of hydrazine groups is 1. The van der Waals surface area contributed by atoms with Gasteiger partial charge in [-0.25, -0.2) is 10.0 Å². The quantitative estimate of drug-likeness (QED) is 0.862. The van der Waals surface area contributed by atoms with Crippen LogP contribution < -0.4 is 10.0 Å². The minimum atomic E-state index is -0.306. The fourth-order valence-corrected chi connectivity index (χ4v) is 2.04. The maximum atomic E-state index is 12.0. The highest BCUT2D eigenvalue weighted by molar-refractivity contribution is 6.04. The average Bonchev–Trinajstić information content (AvgIpc) is 2.46. The number of benzene rings is 2. The van der Waals surface area contributed by atoms with Gasteiger partial charge in [0.05, 0.1) is 11.4 Å². The molecule has 0 atom stereocenters. The maximum Gasteiger partial charge on any atom is 0.243 e. The lowest BCUT2D eigenvalue weighted by molar-refractivity contribution is -0.121. The molecule has 2 aromatic carbocycles. The first-order chi connectivity index (χ1) is 10.0. The van der Waals surface area contributed by atoms with Gasteiger partial charge in [0, 0.05) is 13.8 Å². The van der Waals surface area contributed by atoms with Gasteiger partial charge in [-0.15, -0.1) is 0 Å². The highest BCUT2D eigenvalue weighted by Gasteiger charge is 2.24. The van der Waals surface area contributed by atoms with Crippen LogP contribution in [0.5, 0.6) is 5.75 Å². The molecule has 21 heavy (non-hydrogen) atoms. The second kappa shape index (κ2) is 6.09. The SMILES string of the molecule is CC(=O)N(c1ccccc1)N(C(C)=O)c1ccc(O)cc1. The van der Waals surface area contributed by atoms with Crippen LogP contribution in [0.2, 0.25) is 0 Å². The summed E-state index contributed by atoms with van der Waals surface area (Å²) in [6, 6.07) is 15.0. The van der Waals surface area contributed by atoms with E-state index in [2.05, 4.69) is 0 Å². The number of para-hydroxylation sites is 1. The Morgan fingerprint density at radius 2 is 1.19 bits per heavy atom. The summed E-state index contributed by atoms with van der Waals surface area (Å²) in [6.07, 6.45) is 0. The number of anilines is 2. The highest BCUT2D eigenvalue weighted by atomic mass is 16.3. The van der Waals surface area contributed by atoms with E-state index in [-0.39, 0.29) is 17.6 Å². The Bertz CT molecular complexity index is 638. The Morgan fingerprint density at radius 1 is 0.762 bits per heavy atom. The van der Waals surface area contributed by atoms with Crippen molar-refractivity contribution in [1.29, 1.82) is 0 Å². The summed E-state index contributed by atoms with van der Waals surface area (Å²) < 4.78 is 0. The molecular weight excluding hydrogens is 268 g/mol. The van der Waals surface area contributed by atoms with E-state index >= 15 is 0 Å². The monoisotopic (exact) mass is 284 g/mol. The van der Waals surface area contributed by atoms with Crippen LogP contribution in [0, 0.1) is 0 Å². The number of carbonyl (C=O) groups is 2. The molecule has 0 spiro atoms. The van der Waals surface area contributed by atoms with E-state index in [1.54, 1.807) is 36.4 Å². The molecular formula is C16H16N2O3.